The molecule has 0 atom stereocenters. The molecular formula is C19H21BrN2O2. The molecule has 0 saturated heterocycles. The molecule has 0 aliphatic carbocycles. The summed E-state index contributed by atoms with van der Waals surface area (Å²) in [4.78, 5) is 23.9. The maximum atomic E-state index is 11.9. The number of carbonyl (C=O) groups excluding carboxylic acids is 2. The third-order valence-corrected chi connectivity index (χ3v) is 4.05. The zero-order valence-electron chi connectivity index (χ0n) is 13.6. The largest absolute Gasteiger partial charge is 0.352 e. The van der Waals surface area contributed by atoms with Gasteiger partial charge in [-0.15, -0.1) is 0 Å². The van der Waals surface area contributed by atoms with E-state index in [-0.39, 0.29) is 18.2 Å². The van der Waals surface area contributed by atoms with Crippen molar-refractivity contribution < 1.29 is 9.59 Å². The molecule has 0 spiro atoms. The summed E-state index contributed by atoms with van der Waals surface area (Å²) in [5.74, 6) is -0.298. The van der Waals surface area contributed by atoms with Gasteiger partial charge in [-0.25, -0.2) is 0 Å². The van der Waals surface area contributed by atoms with E-state index in [1.807, 2.05) is 36.4 Å². The lowest BCUT2D eigenvalue weighted by atomic mass is 10.1. The number of nitrogens with one attached hydrogen (secondary N) is 2. The zero-order valence-corrected chi connectivity index (χ0v) is 15.2. The average Bonchev–Trinajstić information content (AvgIpc) is 2.57. The van der Waals surface area contributed by atoms with Crippen LogP contribution in [0.3, 0.4) is 0 Å². The van der Waals surface area contributed by atoms with Gasteiger partial charge in [0.2, 0.25) is 5.91 Å². The Morgan fingerprint density at radius 2 is 1.67 bits per heavy atom. The first kappa shape index (κ1) is 18.2. The van der Waals surface area contributed by atoms with Crippen LogP contribution >= 0.6 is 15.9 Å². The normalized spacial score (nSPS) is 10.2. The van der Waals surface area contributed by atoms with Gasteiger partial charge in [0.25, 0.3) is 5.91 Å². The number of carbonyl (C=O) groups is 2. The van der Waals surface area contributed by atoms with Crippen molar-refractivity contribution in [1.82, 2.24) is 5.32 Å². The SMILES string of the molecule is CCCc1ccc(NC(=O)CCNC(=O)c2ccc(Br)cc2)cc1. The Balaban J connectivity index is 1.74. The molecule has 5 heteroatoms. The lowest BCUT2D eigenvalue weighted by Crippen LogP contribution is -2.27. The molecule has 2 rings (SSSR count). The molecule has 0 aromatic heterocycles. The number of aryl methyl sites for hydroxylation is 1. The predicted octanol–water partition coefficient (Wildman–Crippen LogP) is 4.16. The summed E-state index contributed by atoms with van der Waals surface area (Å²) in [6, 6.07) is 14.9. The molecule has 2 N–H and O–H groups in total. The van der Waals surface area contributed by atoms with Gasteiger partial charge in [-0.05, 0) is 48.4 Å². The smallest absolute Gasteiger partial charge is 0.251 e. The van der Waals surface area contributed by atoms with Crippen molar-refractivity contribution in [2.75, 3.05) is 11.9 Å². The molecule has 2 aromatic rings. The Hall–Kier alpha value is -2.14. The van der Waals surface area contributed by atoms with Crippen LogP contribution in [0.4, 0.5) is 5.69 Å². The molecule has 0 aliphatic heterocycles. The van der Waals surface area contributed by atoms with Crippen molar-refractivity contribution >= 4 is 33.4 Å². The maximum absolute atomic E-state index is 11.9. The molecule has 24 heavy (non-hydrogen) atoms. The average molecular weight is 389 g/mol. The number of hydrogen-bond acceptors (Lipinski definition) is 2. The van der Waals surface area contributed by atoms with Crippen molar-refractivity contribution in [2.45, 2.75) is 26.2 Å². The molecule has 4 nitrogen and oxygen atoms in total. The molecule has 2 amide bonds. The van der Waals surface area contributed by atoms with Crippen LogP contribution in [0.1, 0.15) is 35.7 Å². The molecular weight excluding hydrogens is 368 g/mol. The summed E-state index contributed by atoms with van der Waals surface area (Å²) in [5.41, 5.74) is 2.61. The van der Waals surface area contributed by atoms with Crippen LogP contribution in [0.2, 0.25) is 0 Å². The molecule has 0 aliphatic rings. The van der Waals surface area contributed by atoms with Crippen LogP contribution in [-0.4, -0.2) is 18.4 Å². The summed E-state index contributed by atoms with van der Waals surface area (Å²) in [6.45, 7) is 2.44. The first-order valence-electron chi connectivity index (χ1n) is 8.01. The minimum absolute atomic E-state index is 0.116. The minimum Gasteiger partial charge on any atom is -0.352 e. The second kappa shape index (κ2) is 9.23. The Labute approximate surface area is 150 Å². The van der Waals surface area contributed by atoms with Gasteiger partial charge < -0.3 is 10.6 Å². The van der Waals surface area contributed by atoms with E-state index < -0.39 is 0 Å². The Bertz CT molecular complexity index is 682. The van der Waals surface area contributed by atoms with Crippen molar-refractivity contribution in [3.63, 3.8) is 0 Å². The summed E-state index contributed by atoms with van der Waals surface area (Å²) in [5, 5.41) is 5.58. The highest BCUT2D eigenvalue weighted by molar-refractivity contribution is 9.10. The summed E-state index contributed by atoms with van der Waals surface area (Å²) < 4.78 is 0.920. The van der Waals surface area contributed by atoms with Crippen LogP contribution in [-0.2, 0) is 11.2 Å². The molecule has 0 bridgehead atoms. The van der Waals surface area contributed by atoms with Crippen molar-refractivity contribution in [3.05, 3.63) is 64.1 Å². The fraction of sp³-hybridized carbons (Fsp3) is 0.263. The summed E-state index contributed by atoms with van der Waals surface area (Å²) in [7, 11) is 0. The molecule has 0 saturated carbocycles. The van der Waals surface area contributed by atoms with Gasteiger partial charge in [0.15, 0.2) is 0 Å². The second-order valence-electron chi connectivity index (χ2n) is 5.51. The first-order chi connectivity index (χ1) is 11.6. The van der Waals surface area contributed by atoms with Crippen molar-refractivity contribution in [1.29, 1.82) is 0 Å². The minimum atomic E-state index is -0.181. The predicted molar refractivity (Wildman–Crippen MR) is 100 cm³/mol. The highest BCUT2D eigenvalue weighted by Gasteiger charge is 2.07. The van der Waals surface area contributed by atoms with E-state index in [9.17, 15) is 9.59 Å². The van der Waals surface area contributed by atoms with Gasteiger partial charge in [0, 0.05) is 28.7 Å². The summed E-state index contributed by atoms with van der Waals surface area (Å²) >= 11 is 3.33. The number of rotatable bonds is 7. The van der Waals surface area contributed by atoms with E-state index in [1.54, 1.807) is 12.1 Å². The van der Waals surface area contributed by atoms with Crippen LogP contribution in [0.25, 0.3) is 0 Å². The highest BCUT2D eigenvalue weighted by Crippen LogP contribution is 2.12. The standard InChI is InChI=1S/C19H21BrN2O2/c1-2-3-14-4-10-17(11-5-14)22-18(23)12-13-21-19(24)15-6-8-16(20)9-7-15/h4-11H,2-3,12-13H2,1H3,(H,21,24)(H,22,23). The van der Waals surface area contributed by atoms with Crippen LogP contribution < -0.4 is 10.6 Å². The van der Waals surface area contributed by atoms with E-state index >= 15 is 0 Å². The van der Waals surface area contributed by atoms with Crippen molar-refractivity contribution in [3.8, 4) is 0 Å². The van der Waals surface area contributed by atoms with Crippen LogP contribution in [0.5, 0.6) is 0 Å². The van der Waals surface area contributed by atoms with E-state index in [0.717, 1.165) is 23.0 Å². The number of hydrogen-bond donors (Lipinski definition) is 2. The number of benzene rings is 2. The van der Waals surface area contributed by atoms with E-state index in [4.69, 9.17) is 0 Å². The zero-order chi connectivity index (χ0) is 17.4. The molecule has 0 heterocycles. The fourth-order valence-corrected chi connectivity index (χ4v) is 2.52. The second-order valence-corrected chi connectivity index (χ2v) is 6.42. The molecule has 0 unspecified atom stereocenters. The quantitative estimate of drug-likeness (QED) is 0.747. The van der Waals surface area contributed by atoms with Crippen LogP contribution in [0, 0.1) is 0 Å². The lowest BCUT2D eigenvalue weighted by Gasteiger charge is -2.08. The monoisotopic (exact) mass is 388 g/mol. The van der Waals surface area contributed by atoms with Gasteiger partial charge in [0.1, 0.15) is 0 Å². The Morgan fingerprint density at radius 3 is 2.29 bits per heavy atom. The maximum Gasteiger partial charge on any atom is 0.251 e. The van der Waals surface area contributed by atoms with Gasteiger partial charge >= 0.3 is 0 Å². The molecule has 0 radical (unpaired) electrons. The highest BCUT2D eigenvalue weighted by atomic mass is 79.9. The van der Waals surface area contributed by atoms with E-state index in [1.165, 1.54) is 5.56 Å². The molecule has 126 valence electrons. The van der Waals surface area contributed by atoms with Gasteiger partial charge in [-0.2, -0.15) is 0 Å². The van der Waals surface area contributed by atoms with Crippen LogP contribution in [0.15, 0.2) is 53.0 Å². The molecule has 2 aromatic carbocycles. The number of amides is 2. The number of anilines is 1. The topological polar surface area (TPSA) is 58.2 Å². The third-order valence-electron chi connectivity index (χ3n) is 3.52. The fourth-order valence-electron chi connectivity index (χ4n) is 2.26. The number of halogens is 1. The van der Waals surface area contributed by atoms with Gasteiger partial charge in [-0.3, -0.25) is 9.59 Å². The Kier molecular flexibility index (Phi) is 7.00. The Morgan fingerprint density at radius 1 is 1.00 bits per heavy atom. The molecule has 0 fully saturated rings. The van der Waals surface area contributed by atoms with Gasteiger partial charge in [-0.1, -0.05) is 41.4 Å². The van der Waals surface area contributed by atoms with E-state index in [0.29, 0.717) is 12.1 Å². The van der Waals surface area contributed by atoms with Crippen molar-refractivity contribution in [2.24, 2.45) is 0 Å². The first-order valence-corrected chi connectivity index (χ1v) is 8.80. The summed E-state index contributed by atoms with van der Waals surface area (Å²) in [6.07, 6.45) is 2.37. The van der Waals surface area contributed by atoms with E-state index in [2.05, 4.69) is 33.5 Å². The third kappa shape index (κ3) is 5.81. The lowest BCUT2D eigenvalue weighted by molar-refractivity contribution is -0.116. The van der Waals surface area contributed by atoms with Gasteiger partial charge in [0.05, 0.1) is 0 Å².